The summed E-state index contributed by atoms with van der Waals surface area (Å²) in [5, 5.41) is 3.75. The molecule has 0 saturated carbocycles. The Morgan fingerprint density at radius 3 is 2.40 bits per heavy atom. The maximum atomic E-state index is 13.2. The standard InChI is InChI=1S/C24H20FN3O2/c25-18-11-9-16(10-12-18)14-28-15-17(19-5-2-4-8-22(19)28)13-23(29)27-21-7-3-1-6-20(21)24(26)30/h1-12,15H,13-14H2,(H2,26,30)(H,27,29). The van der Waals surface area contributed by atoms with Crippen LogP contribution in [0.3, 0.4) is 0 Å². The highest BCUT2D eigenvalue weighted by molar-refractivity contribution is 6.04. The molecular formula is C24H20FN3O2. The van der Waals surface area contributed by atoms with Crippen LogP contribution in [0.2, 0.25) is 0 Å². The number of carbonyl (C=O) groups is 2. The Labute approximate surface area is 172 Å². The number of nitrogens with one attached hydrogen (secondary N) is 1. The van der Waals surface area contributed by atoms with Gasteiger partial charge in [0.05, 0.1) is 17.7 Å². The van der Waals surface area contributed by atoms with Crippen LogP contribution in [0.25, 0.3) is 10.9 Å². The van der Waals surface area contributed by atoms with Gasteiger partial charge in [-0.1, -0.05) is 42.5 Å². The second kappa shape index (κ2) is 8.21. The molecule has 1 aromatic heterocycles. The minimum absolute atomic E-state index is 0.143. The molecule has 6 heteroatoms. The van der Waals surface area contributed by atoms with Crippen LogP contribution in [-0.2, 0) is 17.8 Å². The SMILES string of the molecule is NC(=O)c1ccccc1NC(=O)Cc1cn(Cc2ccc(F)cc2)c2ccccc12. The first-order valence-electron chi connectivity index (χ1n) is 9.51. The average molecular weight is 401 g/mol. The van der Waals surface area contributed by atoms with Crippen molar-refractivity contribution in [2.45, 2.75) is 13.0 Å². The summed E-state index contributed by atoms with van der Waals surface area (Å²) in [6.45, 7) is 0.562. The van der Waals surface area contributed by atoms with Crippen LogP contribution in [0.5, 0.6) is 0 Å². The number of nitrogens with two attached hydrogens (primary N) is 1. The molecule has 2 amide bonds. The van der Waals surface area contributed by atoms with E-state index >= 15 is 0 Å². The van der Waals surface area contributed by atoms with Gasteiger partial charge in [-0.2, -0.15) is 0 Å². The molecule has 1 heterocycles. The monoisotopic (exact) mass is 401 g/mol. The second-order valence-corrected chi connectivity index (χ2v) is 7.06. The molecule has 0 atom stereocenters. The average Bonchev–Trinajstić information content (AvgIpc) is 3.07. The van der Waals surface area contributed by atoms with Crippen LogP contribution in [0.1, 0.15) is 21.5 Å². The molecule has 150 valence electrons. The van der Waals surface area contributed by atoms with Crippen molar-refractivity contribution >= 4 is 28.4 Å². The number of benzene rings is 3. The number of amides is 2. The van der Waals surface area contributed by atoms with Crippen LogP contribution in [0.4, 0.5) is 10.1 Å². The number of fused-ring (bicyclic) bond motifs is 1. The van der Waals surface area contributed by atoms with Crippen LogP contribution in [0.15, 0.2) is 79.0 Å². The zero-order chi connectivity index (χ0) is 21.1. The molecule has 0 bridgehead atoms. The molecule has 30 heavy (non-hydrogen) atoms. The number of para-hydroxylation sites is 2. The summed E-state index contributed by atoms with van der Waals surface area (Å²) >= 11 is 0. The third-order valence-corrected chi connectivity index (χ3v) is 4.95. The third kappa shape index (κ3) is 4.07. The lowest BCUT2D eigenvalue weighted by Gasteiger charge is -2.08. The molecule has 0 unspecified atom stereocenters. The number of rotatable bonds is 6. The van der Waals surface area contributed by atoms with E-state index in [1.165, 1.54) is 12.1 Å². The molecule has 4 rings (SSSR count). The fourth-order valence-electron chi connectivity index (χ4n) is 3.56. The van der Waals surface area contributed by atoms with Crippen molar-refractivity contribution in [2.75, 3.05) is 5.32 Å². The maximum absolute atomic E-state index is 13.2. The molecule has 0 aliphatic carbocycles. The number of halogens is 1. The lowest BCUT2D eigenvalue weighted by atomic mass is 10.1. The summed E-state index contributed by atoms with van der Waals surface area (Å²) in [7, 11) is 0. The largest absolute Gasteiger partial charge is 0.366 e. The fourth-order valence-corrected chi connectivity index (χ4v) is 3.56. The van der Waals surface area contributed by atoms with E-state index in [9.17, 15) is 14.0 Å². The summed E-state index contributed by atoms with van der Waals surface area (Å²) in [5.74, 6) is -1.11. The summed E-state index contributed by atoms with van der Waals surface area (Å²) in [5.41, 5.74) is 8.86. The topological polar surface area (TPSA) is 77.1 Å². The van der Waals surface area contributed by atoms with Crippen molar-refractivity contribution in [1.29, 1.82) is 0 Å². The molecule has 0 radical (unpaired) electrons. The minimum Gasteiger partial charge on any atom is -0.366 e. The van der Waals surface area contributed by atoms with Crippen LogP contribution in [-0.4, -0.2) is 16.4 Å². The fraction of sp³-hybridized carbons (Fsp3) is 0.0833. The van der Waals surface area contributed by atoms with Gasteiger partial charge in [0.2, 0.25) is 5.91 Å². The van der Waals surface area contributed by atoms with E-state index < -0.39 is 5.91 Å². The second-order valence-electron chi connectivity index (χ2n) is 7.06. The maximum Gasteiger partial charge on any atom is 0.250 e. The number of hydrogen-bond donors (Lipinski definition) is 2. The Balaban J connectivity index is 1.59. The lowest BCUT2D eigenvalue weighted by Crippen LogP contribution is -2.19. The Kier molecular flexibility index (Phi) is 5.30. The third-order valence-electron chi connectivity index (χ3n) is 4.95. The van der Waals surface area contributed by atoms with Gasteiger partial charge in [-0.3, -0.25) is 9.59 Å². The number of anilines is 1. The van der Waals surface area contributed by atoms with E-state index in [4.69, 9.17) is 5.73 Å². The highest BCUT2D eigenvalue weighted by atomic mass is 19.1. The highest BCUT2D eigenvalue weighted by Crippen LogP contribution is 2.24. The van der Waals surface area contributed by atoms with Gasteiger partial charge >= 0.3 is 0 Å². The molecule has 0 aliphatic heterocycles. The number of primary amides is 1. The molecule has 0 spiro atoms. The summed E-state index contributed by atoms with van der Waals surface area (Å²) in [6, 6.07) is 20.8. The van der Waals surface area contributed by atoms with Crippen molar-refractivity contribution in [3.05, 3.63) is 102 Å². The van der Waals surface area contributed by atoms with E-state index in [1.54, 1.807) is 36.4 Å². The van der Waals surface area contributed by atoms with Gasteiger partial charge < -0.3 is 15.6 Å². The molecule has 5 nitrogen and oxygen atoms in total. The lowest BCUT2D eigenvalue weighted by molar-refractivity contribution is -0.115. The summed E-state index contributed by atoms with van der Waals surface area (Å²) < 4.78 is 15.2. The number of carbonyl (C=O) groups excluding carboxylic acids is 2. The zero-order valence-electron chi connectivity index (χ0n) is 16.1. The van der Waals surface area contributed by atoms with Crippen molar-refractivity contribution < 1.29 is 14.0 Å². The zero-order valence-corrected chi connectivity index (χ0v) is 16.1. The van der Waals surface area contributed by atoms with E-state index in [0.29, 0.717) is 12.2 Å². The first-order valence-corrected chi connectivity index (χ1v) is 9.51. The Morgan fingerprint density at radius 1 is 0.933 bits per heavy atom. The van der Waals surface area contributed by atoms with Crippen molar-refractivity contribution in [1.82, 2.24) is 4.57 Å². The summed E-state index contributed by atoms with van der Waals surface area (Å²) in [4.78, 5) is 24.3. The Morgan fingerprint density at radius 2 is 1.63 bits per heavy atom. The van der Waals surface area contributed by atoms with Gasteiger partial charge in [-0.25, -0.2) is 4.39 Å². The van der Waals surface area contributed by atoms with Crippen LogP contribution < -0.4 is 11.1 Å². The quantitative estimate of drug-likeness (QED) is 0.510. The normalized spacial score (nSPS) is 10.8. The Bertz CT molecular complexity index is 1230. The minimum atomic E-state index is -0.596. The van der Waals surface area contributed by atoms with E-state index in [1.807, 2.05) is 35.0 Å². The van der Waals surface area contributed by atoms with Gasteiger partial charge in [0, 0.05) is 23.6 Å². The summed E-state index contributed by atoms with van der Waals surface area (Å²) in [6.07, 6.45) is 2.08. The molecule has 3 aromatic carbocycles. The van der Waals surface area contributed by atoms with Crippen LogP contribution >= 0.6 is 0 Å². The van der Waals surface area contributed by atoms with E-state index in [2.05, 4.69) is 5.32 Å². The van der Waals surface area contributed by atoms with Crippen molar-refractivity contribution in [3.63, 3.8) is 0 Å². The van der Waals surface area contributed by atoms with E-state index in [0.717, 1.165) is 22.0 Å². The highest BCUT2D eigenvalue weighted by Gasteiger charge is 2.14. The molecule has 0 fully saturated rings. The van der Waals surface area contributed by atoms with Crippen molar-refractivity contribution in [2.24, 2.45) is 5.73 Å². The van der Waals surface area contributed by atoms with Gasteiger partial charge in [0.15, 0.2) is 0 Å². The molecule has 3 N–H and O–H groups in total. The molecule has 0 aliphatic rings. The number of nitrogens with zero attached hydrogens (tertiary/aromatic N) is 1. The molecule has 4 aromatic rings. The van der Waals surface area contributed by atoms with Gasteiger partial charge in [0.25, 0.3) is 5.91 Å². The molecule has 0 saturated heterocycles. The number of aromatic nitrogens is 1. The first-order chi connectivity index (χ1) is 14.5. The van der Waals surface area contributed by atoms with E-state index in [-0.39, 0.29) is 23.7 Å². The predicted octanol–water partition coefficient (Wildman–Crippen LogP) is 4.11. The molecular weight excluding hydrogens is 381 g/mol. The predicted molar refractivity (Wildman–Crippen MR) is 115 cm³/mol. The Hall–Kier alpha value is -3.93. The smallest absolute Gasteiger partial charge is 0.250 e. The first kappa shape index (κ1) is 19.4. The van der Waals surface area contributed by atoms with Gasteiger partial charge in [-0.05, 0) is 41.5 Å². The van der Waals surface area contributed by atoms with Gasteiger partial charge in [0.1, 0.15) is 5.82 Å². The number of hydrogen-bond acceptors (Lipinski definition) is 2. The van der Waals surface area contributed by atoms with Gasteiger partial charge in [-0.15, -0.1) is 0 Å². The van der Waals surface area contributed by atoms with Crippen LogP contribution in [0, 0.1) is 5.82 Å². The van der Waals surface area contributed by atoms with Crippen molar-refractivity contribution in [3.8, 4) is 0 Å².